The number of carbonyl (C=O) groups excluding carboxylic acids is 1. The van der Waals surface area contributed by atoms with Gasteiger partial charge >= 0.3 is 0 Å². The van der Waals surface area contributed by atoms with Gasteiger partial charge in [0.1, 0.15) is 0 Å². The second-order valence-corrected chi connectivity index (χ2v) is 8.10. The largest absolute Gasteiger partial charge is 0.339 e. The summed E-state index contributed by atoms with van der Waals surface area (Å²) in [5.74, 6) is 0.225. The molecule has 1 aliphatic heterocycles. The number of nitrogens with zero attached hydrogens (tertiary/aromatic N) is 4. The summed E-state index contributed by atoms with van der Waals surface area (Å²) in [7, 11) is 2.01. The molecule has 2 heterocycles. The van der Waals surface area contributed by atoms with Crippen molar-refractivity contribution in [2.45, 2.75) is 13.0 Å². The van der Waals surface area contributed by atoms with E-state index in [4.69, 9.17) is 0 Å². The van der Waals surface area contributed by atoms with Crippen molar-refractivity contribution in [1.82, 2.24) is 19.7 Å². The van der Waals surface area contributed by atoms with Crippen LogP contribution in [0.5, 0.6) is 0 Å². The molecule has 1 amide bonds. The summed E-state index contributed by atoms with van der Waals surface area (Å²) >= 11 is 0. The van der Waals surface area contributed by atoms with E-state index in [0.29, 0.717) is 6.54 Å². The Kier molecular flexibility index (Phi) is 6.72. The second-order valence-electron chi connectivity index (χ2n) is 8.10. The van der Waals surface area contributed by atoms with E-state index in [9.17, 15) is 4.79 Å². The first-order valence-corrected chi connectivity index (χ1v) is 10.7. The number of piperazine rings is 1. The third-order valence-electron chi connectivity index (χ3n) is 5.88. The number of hydrogen-bond acceptors (Lipinski definition) is 4. The number of likely N-dealkylation sites (N-methyl/N-ethyl adjacent to an activating group) is 1. The van der Waals surface area contributed by atoms with Gasteiger partial charge in [0.15, 0.2) is 0 Å². The first-order valence-electron chi connectivity index (χ1n) is 10.7. The molecule has 2 aromatic carbocycles. The molecule has 5 nitrogen and oxygen atoms in total. The second kappa shape index (κ2) is 9.83. The van der Waals surface area contributed by atoms with Crippen LogP contribution in [0.15, 0.2) is 66.9 Å². The molecule has 0 N–H and O–H groups in total. The quantitative estimate of drug-likeness (QED) is 0.609. The van der Waals surface area contributed by atoms with E-state index in [-0.39, 0.29) is 5.91 Å². The van der Waals surface area contributed by atoms with Crippen LogP contribution in [0.3, 0.4) is 0 Å². The van der Waals surface area contributed by atoms with Gasteiger partial charge in [-0.2, -0.15) is 0 Å². The minimum Gasteiger partial charge on any atom is -0.339 e. The fraction of sp³-hybridized carbons (Fsp3) is 0.360. The van der Waals surface area contributed by atoms with Gasteiger partial charge in [-0.3, -0.25) is 19.6 Å². The van der Waals surface area contributed by atoms with Crippen LogP contribution in [0.25, 0.3) is 10.8 Å². The maximum absolute atomic E-state index is 12.7. The predicted molar refractivity (Wildman–Crippen MR) is 121 cm³/mol. The number of pyridine rings is 1. The smallest absolute Gasteiger partial charge is 0.236 e. The predicted octanol–water partition coefficient (Wildman–Crippen LogP) is 3.05. The van der Waals surface area contributed by atoms with Gasteiger partial charge in [-0.1, -0.05) is 48.5 Å². The number of benzene rings is 2. The average molecular weight is 403 g/mol. The third kappa shape index (κ3) is 5.23. The lowest BCUT2D eigenvalue weighted by molar-refractivity contribution is -0.133. The molecule has 0 atom stereocenters. The molecule has 1 saturated heterocycles. The molecule has 4 rings (SSSR count). The van der Waals surface area contributed by atoms with Gasteiger partial charge in [0, 0.05) is 57.6 Å². The first-order chi connectivity index (χ1) is 14.7. The van der Waals surface area contributed by atoms with E-state index in [2.05, 4.69) is 57.2 Å². The highest BCUT2D eigenvalue weighted by Crippen LogP contribution is 2.20. The topological polar surface area (TPSA) is 39.7 Å². The van der Waals surface area contributed by atoms with E-state index in [1.807, 2.05) is 36.3 Å². The SMILES string of the molecule is CN(CCc1ccccn1)CC(=O)N1CCN(Cc2cccc3ccccc23)CC1. The maximum atomic E-state index is 12.7. The minimum atomic E-state index is 0.225. The third-order valence-corrected chi connectivity index (χ3v) is 5.88. The number of amides is 1. The van der Waals surface area contributed by atoms with Crippen LogP contribution in [0, 0.1) is 0 Å². The van der Waals surface area contributed by atoms with E-state index in [0.717, 1.165) is 51.4 Å². The standard InChI is InChI=1S/C25H30N4O/c1-27(14-12-23-10-4-5-13-26-23)20-25(30)29-17-15-28(16-18-29)19-22-9-6-8-21-7-2-3-11-24(21)22/h2-11,13H,12,14-20H2,1H3. The molecular weight excluding hydrogens is 372 g/mol. The van der Waals surface area contributed by atoms with Crippen LogP contribution in [-0.2, 0) is 17.8 Å². The van der Waals surface area contributed by atoms with Crippen molar-refractivity contribution in [3.05, 3.63) is 78.1 Å². The Bertz CT molecular complexity index is 962. The summed E-state index contributed by atoms with van der Waals surface area (Å²) in [4.78, 5) is 23.6. The fourth-order valence-electron chi connectivity index (χ4n) is 4.09. The summed E-state index contributed by atoms with van der Waals surface area (Å²) in [6.45, 7) is 5.70. The highest BCUT2D eigenvalue weighted by atomic mass is 16.2. The summed E-state index contributed by atoms with van der Waals surface area (Å²) in [5, 5.41) is 2.62. The van der Waals surface area contributed by atoms with Crippen molar-refractivity contribution in [3.8, 4) is 0 Å². The van der Waals surface area contributed by atoms with Crippen LogP contribution < -0.4 is 0 Å². The van der Waals surface area contributed by atoms with Gasteiger partial charge in [0.05, 0.1) is 6.54 Å². The Morgan fingerprint density at radius 3 is 2.53 bits per heavy atom. The fourth-order valence-corrected chi connectivity index (χ4v) is 4.09. The average Bonchev–Trinajstić information content (AvgIpc) is 2.79. The number of carbonyl (C=O) groups is 1. The Labute approximate surface area is 178 Å². The first kappa shape index (κ1) is 20.5. The molecule has 0 unspecified atom stereocenters. The Morgan fingerprint density at radius 1 is 0.967 bits per heavy atom. The van der Waals surface area contributed by atoms with Crippen LogP contribution in [0.1, 0.15) is 11.3 Å². The monoisotopic (exact) mass is 402 g/mol. The zero-order valence-corrected chi connectivity index (χ0v) is 17.7. The molecule has 0 aliphatic carbocycles. The zero-order chi connectivity index (χ0) is 20.8. The van der Waals surface area contributed by atoms with Crippen molar-refractivity contribution >= 4 is 16.7 Å². The molecule has 0 spiro atoms. The molecule has 156 valence electrons. The highest BCUT2D eigenvalue weighted by molar-refractivity contribution is 5.85. The maximum Gasteiger partial charge on any atom is 0.236 e. The lowest BCUT2D eigenvalue weighted by atomic mass is 10.0. The molecule has 5 heteroatoms. The number of hydrogen-bond donors (Lipinski definition) is 0. The number of fused-ring (bicyclic) bond motifs is 1. The van der Waals surface area contributed by atoms with Gasteiger partial charge in [-0.05, 0) is 35.5 Å². The highest BCUT2D eigenvalue weighted by Gasteiger charge is 2.22. The summed E-state index contributed by atoms with van der Waals surface area (Å²) in [5.41, 5.74) is 2.43. The molecule has 0 bridgehead atoms. The van der Waals surface area contributed by atoms with Crippen LogP contribution in [-0.4, -0.2) is 71.9 Å². The van der Waals surface area contributed by atoms with E-state index in [1.54, 1.807) is 0 Å². The van der Waals surface area contributed by atoms with Crippen molar-refractivity contribution in [2.75, 3.05) is 46.3 Å². The molecular formula is C25H30N4O. The summed E-state index contributed by atoms with van der Waals surface area (Å²) in [6.07, 6.45) is 2.68. The van der Waals surface area contributed by atoms with Crippen molar-refractivity contribution in [3.63, 3.8) is 0 Å². The van der Waals surface area contributed by atoms with Gasteiger partial charge in [-0.25, -0.2) is 0 Å². The van der Waals surface area contributed by atoms with Crippen LogP contribution in [0.2, 0.25) is 0 Å². The van der Waals surface area contributed by atoms with Crippen LogP contribution in [0.4, 0.5) is 0 Å². The van der Waals surface area contributed by atoms with E-state index in [1.165, 1.54) is 16.3 Å². The molecule has 0 saturated carbocycles. The van der Waals surface area contributed by atoms with E-state index < -0.39 is 0 Å². The van der Waals surface area contributed by atoms with Crippen molar-refractivity contribution < 1.29 is 4.79 Å². The van der Waals surface area contributed by atoms with Gasteiger partial charge in [0.2, 0.25) is 5.91 Å². The number of rotatable bonds is 7. The van der Waals surface area contributed by atoms with Crippen LogP contribution >= 0.6 is 0 Å². The van der Waals surface area contributed by atoms with Gasteiger partial charge < -0.3 is 4.90 Å². The Morgan fingerprint density at radius 2 is 1.73 bits per heavy atom. The normalized spacial score (nSPS) is 15.1. The van der Waals surface area contributed by atoms with Crippen molar-refractivity contribution in [1.29, 1.82) is 0 Å². The minimum absolute atomic E-state index is 0.225. The lowest BCUT2D eigenvalue weighted by Crippen LogP contribution is -2.50. The molecule has 1 fully saturated rings. The molecule has 0 radical (unpaired) electrons. The van der Waals surface area contributed by atoms with E-state index >= 15 is 0 Å². The molecule has 30 heavy (non-hydrogen) atoms. The van der Waals surface area contributed by atoms with Gasteiger partial charge in [-0.15, -0.1) is 0 Å². The Balaban J connectivity index is 1.24. The lowest BCUT2D eigenvalue weighted by Gasteiger charge is -2.35. The molecule has 1 aliphatic rings. The van der Waals surface area contributed by atoms with Crippen molar-refractivity contribution in [2.24, 2.45) is 0 Å². The number of aromatic nitrogens is 1. The summed E-state index contributed by atoms with van der Waals surface area (Å²) < 4.78 is 0. The van der Waals surface area contributed by atoms with Gasteiger partial charge in [0.25, 0.3) is 0 Å². The molecule has 1 aromatic heterocycles. The Hall–Kier alpha value is -2.76. The summed E-state index contributed by atoms with van der Waals surface area (Å²) in [6, 6.07) is 21.0. The zero-order valence-electron chi connectivity index (χ0n) is 17.7. The molecule has 3 aromatic rings.